The van der Waals surface area contributed by atoms with Crippen LogP contribution in [0.15, 0.2) is 51.7 Å². The molecule has 5 nitrogen and oxygen atoms in total. The van der Waals surface area contributed by atoms with Crippen LogP contribution in [0.3, 0.4) is 0 Å². The van der Waals surface area contributed by atoms with Gasteiger partial charge in [-0.15, -0.1) is 0 Å². The minimum absolute atomic E-state index is 0.0443. The lowest BCUT2D eigenvalue weighted by molar-refractivity contribution is -0.896. The van der Waals surface area contributed by atoms with E-state index in [1.165, 1.54) is 4.90 Å². The van der Waals surface area contributed by atoms with E-state index in [2.05, 4.69) is 7.05 Å². The summed E-state index contributed by atoms with van der Waals surface area (Å²) in [6.45, 7) is 3.81. The molecule has 1 aliphatic heterocycles. The topological polar surface area (TPSA) is 53.1 Å². The summed E-state index contributed by atoms with van der Waals surface area (Å²) in [7, 11) is 2.07. The Balaban J connectivity index is 1.52. The highest BCUT2D eigenvalue weighted by Crippen LogP contribution is 2.30. The number of ether oxygens (including phenoxy) is 2. The molecular weight excluding hydrogens is 366 g/mol. The van der Waals surface area contributed by atoms with Gasteiger partial charge in [-0.25, -0.2) is 4.79 Å². The van der Waals surface area contributed by atoms with E-state index < -0.39 is 0 Å². The Kier molecular flexibility index (Phi) is 4.81. The van der Waals surface area contributed by atoms with E-state index >= 15 is 0 Å². The lowest BCUT2D eigenvalue weighted by Crippen LogP contribution is -3.09. The first-order valence-electron chi connectivity index (χ1n) is 8.92. The predicted octanol–water partition coefficient (Wildman–Crippen LogP) is 2.61. The number of quaternary nitrogens is 1. The molecule has 1 aromatic heterocycles. The van der Waals surface area contributed by atoms with E-state index in [1.54, 1.807) is 6.07 Å². The molecule has 0 amide bonds. The van der Waals surface area contributed by atoms with Gasteiger partial charge in [0.1, 0.15) is 25.3 Å². The van der Waals surface area contributed by atoms with Crippen LogP contribution in [0.2, 0.25) is 5.02 Å². The standard InChI is InChI=1S/C21H20ClNO4/c1-13-7-20-16(9-17(13)22)14(8-21(24)27-20)10-23(2)11-15-12-25-18-5-3-4-6-19(18)26-15/h3-9,15H,10-12H2,1-2H3/p+1/t15-/m1/s1. The molecule has 1 unspecified atom stereocenters. The molecule has 0 saturated heterocycles. The number of rotatable bonds is 4. The molecule has 2 atom stereocenters. The summed E-state index contributed by atoms with van der Waals surface area (Å²) in [5.74, 6) is 1.55. The van der Waals surface area contributed by atoms with E-state index in [9.17, 15) is 4.79 Å². The predicted molar refractivity (Wildman–Crippen MR) is 104 cm³/mol. The van der Waals surface area contributed by atoms with Crippen molar-refractivity contribution >= 4 is 22.6 Å². The Morgan fingerprint density at radius 1 is 1.19 bits per heavy atom. The second kappa shape index (κ2) is 7.25. The van der Waals surface area contributed by atoms with E-state index in [0.29, 0.717) is 23.8 Å². The molecule has 27 heavy (non-hydrogen) atoms. The number of benzene rings is 2. The smallest absolute Gasteiger partial charge is 0.336 e. The van der Waals surface area contributed by atoms with Crippen LogP contribution < -0.4 is 20.0 Å². The maximum Gasteiger partial charge on any atom is 0.336 e. The quantitative estimate of drug-likeness (QED) is 0.700. The fourth-order valence-corrected chi connectivity index (χ4v) is 3.61. The average Bonchev–Trinajstić information content (AvgIpc) is 2.63. The van der Waals surface area contributed by atoms with E-state index in [-0.39, 0.29) is 11.7 Å². The Morgan fingerprint density at radius 3 is 2.78 bits per heavy atom. The zero-order chi connectivity index (χ0) is 19.0. The van der Waals surface area contributed by atoms with Gasteiger partial charge < -0.3 is 18.8 Å². The summed E-state index contributed by atoms with van der Waals surface area (Å²) in [4.78, 5) is 13.2. The fourth-order valence-electron chi connectivity index (χ4n) is 3.44. The number of nitrogens with one attached hydrogen (secondary N) is 1. The third-order valence-corrected chi connectivity index (χ3v) is 5.15. The normalized spacial score (nSPS) is 17.1. The number of hydrogen-bond acceptors (Lipinski definition) is 4. The van der Waals surface area contributed by atoms with Crippen LogP contribution in [-0.2, 0) is 6.54 Å². The Bertz CT molecular complexity index is 1050. The van der Waals surface area contributed by atoms with Crippen LogP contribution in [0.4, 0.5) is 0 Å². The highest BCUT2D eigenvalue weighted by molar-refractivity contribution is 6.32. The first kappa shape index (κ1) is 17.9. The summed E-state index contributed by atoms with van der Waals surface area (Å²) in [5, 5.41) is 1.53. The Labute approximate surface area is 162 Å². The number of para-hydroxylation sites is 2. The molecule has 1 N–H and O–H groups in total. The summed E-state index contributed by atoms with van der Waals surface area (Å²) >= 11 is 6.28. The minimum atomic E-state index is -0.349. The molecule has 3 aromatic rings. The van der Waals surface area contributed by atoms with Crippen molar-refractivity contribution in [3.8, 4) is 11.5 Å². The average molecular weight is 387 g/mol. The van der Waals surface area contributed by atoms with Crippen LogP contribution in [-0.4, -0.2) is 26.3 Å². The Hall–Kier alpha value is -2.50. The van der Waals surface area contributed by atoms with Crippen molar-refractivity contribution in [3.63, 3.8) is 0 Å². The molecule has 0 spiro atoms. The van der Waals surface area contributed by atoms with Crippen molar-refractivity contribution in [2.45, 2.75) is 19.6 Å². The van der Waals surface area contributed by atoms with Crippen LogP contribution in [0, 0.1) is 6.92 Å². The second-order valence-corrected chi connectivity index (χ2v) is 7.43. The summed E-state index contributed by atoms with van der Waals surface area (Å²) < 4.78 is 17.2. The zero-order valence-corrected chi connectivity index (χ0v) is 16.0. The molecule has 2 heterocycles. The van der Waals surface area contributed by atoms with Gasteiger partial charge >= 0.3 is 5.63 Å². The van der Waals surface area contributed by atoms with Crippen LogP contribution in [0.25, 0.3) is 11.0 Å². The first-order chi connectivity index (χ1) is 13.0. The minimum Gasteiger partial charge on any atom is -0.486 e. The van der Waals surface area contributed by atoms with Crippen molar-refractivity contribution in [1.29, 1.82) is 0 Å². The molecule has 0 saturated carbocycles. The number of hydrogen-bond donors (Lipinski definition) is 1. The Morgan fingerprint density at radius 2 is 1.96 bits per heavy atom. The van der Waals surface area contributed by atoms with Crippen molar-refractivity contribution in [2.75, 3.05) is 20.2 Å². The lowest BCUT2D eigenvalue weighted by Gasteiger charge is -2.28. The van der Waals surface area contributed by atoms with Gasteiger partial charge in [-0.05, 0) is 36.8 Å². The summed E-state index contributed by atoms with van der Waals surface area (Å²) in [6, 6.07) is 12.9. The van der Waals surface area contributed by atoms with Gasteiger partial charge in [0.25, 0.3) is 0 Å². The van der Waals surface area contributed by atoms with Crippen molar-refractivity contribution in [3.05, 3.63) is 69.0 Å². The van der Waals surface area contributed by atoms with Gasteiger partial charge in [-0.1, -0.05) is 23.7 Å². The maximum absolute atomic E-state index is 12.0. The van der Waals surface area contributed by atoms with Gasteiger partial charge in [0.05, 0.1) is 7.05 Å². The molecule has 140 valence electrons. The third-order valence-electron chi connectivity index (χ3n) is 4.75. The van der Waals surface area contributed by atoms with Crippen molar-refractivity contribution < 1.29 is 18.8 Å². The van der Waals surface area contributed by atoms with Crippen molar-refractivity contribution in [1.82, 2.24) is 0 Å². The molecule has 2 aromatic carbocycles. The highest BCUT2D eigenvalue weighted by Gasteiger charge is 2.24. The van der Waals surface area contributed by atoms with Gasteiger partial charge in [0.2, 0.25) is 0 Å². The maximum atomic E-state index is 12.0. The monoisotopic (exact) mass is 386 g/mol. The number of aryl methyl sites for hydroxylation is 1. The fraction of sp³-hybridized carbons (Fsp3) is 0.286. The third kappa shape index (κ3) is 3.80. The number of halogens is 1. The molecule has 0 aliphatic carbocycles. The molecule has 1 aliphatic rings. The summed E-state index contributed by atoms with van der Waals surface area (Å²) in [5.41, 5.74) is 2.02. The first-order valence-corrected chi connectivity index (χ1v) is 9.30. The van der Waals surface area contributed by atoms with E-state index in [1.807, 2.05) is 43.3 Å². The zero-order valence-electron chi connectivity index (χ0n) is 15.3. The molecule has 0 radical (unpaired) electrons. The van der Waals surface area contributed by atoms with Gasteiger partial charge in [0.15, 0.2) is 17.6 Å². The molecule has 0 fully saturated rings. The largest absolute Gasteiger partial charge is 0.486 e. The number of likely N-dealkylation sites (N-methyl/N-ethyl adjacent to an activating group) is 1. The van der Waals surface area contributed by atoms with E-state index in [0.717, 1.165) is 34.6 Å². The molecule has 0 bridgehead atoms. The summed E-state index contributed by atoms with van der Waals surface area (Å²) in [6.07, 6.45) is -0.0443. The SMILES string of the molecule is Cc1cc2oc(=O)cc(C[NH+](C)C[C@@H]3COc4ccccc4O3)c2cc1Cl. The van der Waals surface area contributed by atoms with Gasteiger partial charge in [0, 0.05) is 22.0 Å². The highest BCUT2D eigenvalue weighted by atomic mass is 35.5. The van der Waals surface area contributed by atoms with Crippen LogP contribution in [0.1, 0.15) is 11.1 Å². The van der Waals surface area contributed by atoms with Crippen LogP contribution in [0.5, 0.6) is 11.5 Å². The molecule has 4 rings (SSSR count). The van der Waals surface area contributed by atoms with Gasteiger partial charge in [-0.2, -0.15) is 0 Å². The van der Waals surface area contributed by atoms with Crippen molar-refractivity contribution in [2.24, 2.45) is 0 Å². The number of fused-ring (bicyclic) bond motifs is 2. The second-order valence-electron chi connectivity index (χ2n) is 7.02. The lowest BCUT2D eigenvalue weighted by atomic mass is 10.1. The van der Waals surface area contributed by atoms with Gasteiger partial charge in [-0.3, -0.25) is 0 Å². The van der Waals surface area contributed by atoms with Crippen LogP contribution >= 0.6 is 11.6 Å². The molecule has 6 heteroatoms. The van der Waals surface area contributed by atoms with E-state index in [4.69, 9.17) is 25.5 Å². The molecular formula is C21H21ClNO4+.